The highest BCUT2D eigenvalue weighted by Crippen LogP contribution is 2.30. The molecule has 1 fully saturated rings. The van der Waals surface area contributed by atoms with E-state index in [1.165, 1.54) is 11.8 Å². The molecular formula is C19H28N4O3S2. The monoisotopic (exact) mass is 424 g/mol. The fraction of sp³-hybridized carbons (Fsp3) is 0.632. The number of thioether (sulfide) groups is 1. The van der Waals surface area contributed by atoms with E-state index in [0.717, 1.165) is 41.7 Å². The van der Waals surface area contributed by atoms with Crippen LogP contribution in [0.2, 0.25) is 0 Å². The van der Waals surface area contributed by atoms with Gasteiger partial charge in [0.15, 0.2) is 11.0 Å². The Bertz CT molecular complexity index is 730. The van der Waals surface area contributed by atoms with Crippen LogP contribution in [0.1, 0.15) is 33.1 Å². The molecule has 1 saturated heterocycles. The topological polar surface area (TPSA) is 78.3 Å². The molecule has 2 atom stereocenters. The number of nitrogens with one attached hydrogen (secondary N) is 1. The van der Waals surface area contributed by atoms with Crippen molar-refractivity contribution < 1.29 is 14.3 Å². The maximum Gasteiger partial charge on any atom is 0.233 e. The van der Waals surface area contributed by atoms with Crippen molar-refractivity contribution in [1.29, 1.82) is 0 Å². The first-order valence-electron chi connectivity index (χ1n) is 9.79. The standard InChI is InChI=1S/C19H28N4O3S2/c1-3-25-10-6-9-20-18(24)14(2)28-19-22-21-17(16-8-5-12-27-16)23(19)13-15-7-4-11-26-15/h5,8,12,14-15H,3-4,6-7,9-11,13H2,1-2H3,(H,20,24). The molecule has 154 valence electrons. The zero-order chi connectivity index (χ0) is 19.8. The molecule has 3 rings (SSSR count). The number of rotatable bonds is 11. The first-order valence-corrected chi connectivity index (χ1v) is 11.6. The summed E-state index contributed by atoms with van der Waals surface area (Å²) >= 11 is 3.08. The first-order chi connectivity index (χ1) is 13.7. The molecule has 1 amide bonds. The van der Waals surface area contributed by atoms with Gasteiger partial charge in [-0.15, -0.1) is 21.5 Å². The Morgan fingerprint density at radius 1 is 1.54 bits per heavy atom. The average Bonchev–Trinajstić information content (AvgIpc) is 3.44. The lowest BCUT2D eigenvalue weighted by Crippen LogP contribution is -2.32. The maximum absolute atomic E-state index is 12.4. The molecule has 2 aromatic heterocycles. The normalized spacial score (nSPS) is 17.7. The van der Waals surface area contributed by atoms with Gasteiger partial charge in [0, 0.05) is 26.4 Å². The van der Waals surface area contributed by atoms with Gasteiger partial charge in [-0.1, -0.05) is 17.8 Å². The van der Waals surface area contributed by atoms with Crippen LogP contribution in [0.25, 0.3) is 10.7 Å². The van der Waals surface area contributed by atoms with Crippen LogP contribution in [-0.4, -0.2) is 58.4 Å². The number of carbonyl (C=O) groups excluding carboxylic acids is 1. The van der Waals surface area contributed by atoms with Gasteiger partial charge in [-0.2, -0.15) is 0 Å². The maximum atomic E-state index is 12.4. The zero-order valence-electron chi connectivity index (χ0n) is 16.4. The third-order valence-corrected chi connectivity index (χ3v) is 6.44. The van der Waals surface area contributed by atoms with Crippen molar-refractivity contribution in [2.45, 2.75) is 56.2 Å². The lowest BCUT2D eigenvalue weighted by molar-refractivity contribution is -0.120. The molecule has 1 aliphatic rings. The van der Waals surface area contributed by atoms with Gasteiger partial charge in [-0.25, -0.2) is 0 Å². The molecule has 0 bridgehead atoms. The molecule has 7 nitrogen and oxygen atoms in total. The number of nitrogens with zero attached hydrogens (tertiary/aromatic N) is 3. The number of carbonyl (C=O) groups is 1. The van der Waals surface area contributed by atoms with E-state index >= 15 is 0 Å². The molecule has 0 aromatic carbocycles. The van der Waals surface area contributed by atoms with Crippen molar-refractivity contribution in [2.24, 2.45) is 0 Å². The van der Waals surface area contributed by atoms with Crippen molar-refractivity contribution in [3.8, 4) is 10.7 Å². The van der Waals surface area contributed by atoms with Crippen molar-refractivity contribution in [1.82, 2.24) is 20.1 Å². The molecule has 28 heavy (non-hydrogen) atoms. The molecule has 1 N–H and O–H groups in total. The van der Waals surface area contributed by atoms with Gasteiger partial charge in [0.25, 0.3) is 0 Å². The van der Waals surface area contributed by atoms with Gasteiger partial charge in [0.05, 0.1) is 22.8 Å². The lowest BCUT2D eigenvalue weighted by Gasteiger charge is -2.16. The second-order valence-corrected chi connectivity index (χ2v) is 8.89. The predicted octanol–water partition coefficient (Wildman–Crippen LogP) is 3.21. The highest BCUT2D eigenvalue weighted by atomic mass is 32.2. The third kappa shape index (κ3) is 5.79. The number of hydrogen-bond acceptors (Lipinski definition) is 7. The Morgan fingerprint density at radius 3 is 3.14 bits per heavy atom. The number of thiophene rings is 1. The summed E-state index contributed by atoms with van der Waals surface area (Å²) in [4.78, 5) is 13.5. The van der Waals surface area contributed by atoms with Crippen LogP contribution in [0.4, 0.5) is 0 Å². The van der Waals surface area contributed by atoms with E-state index in [2.05, 4.69) is 20.1 Å². The summed E-state index contributed by atoms with van der Waals surface area (Å²) < 4.78 is 13.2. The molecule has 0 radical (unpaired) electrons. The number of hydrogen-bond donors (Lipinski definition) is 1. The SMILES string of the molecule is CCOCCCNC(=O)C(C)Sc1nnc(-c2cccs2)n1CC1CCCO1. The Morgan fingerprint density at radius 2 is 2.43 bits per heavy atom. The van der Waals surface area contributed by atoms with Crippen LogP contribution in [0.5, 0.6) is 0 Å². The third-order valence-electron chi connectivity index (χ3n) is 4.49. The van der Waals surface area contributed by atoms with E-state index in [4.69, 9.17) is 9.47 Å². The van der Waals surface area contributed by atoms with Crippen LogP contribution in [0.15, 0.2) is 22.7 Å². The van der Waals surface area contributed by atoms with Gasteiger partial charge in [-0.05, 0) is 44.6 Å². The van der Waals surface area contributed by atoms with Gasteiger partial charge < -0.3 is 14.8 Å². The van der Waals surface area contributed by atoms with E-state index in [1.54, 1.807) is 11.3 Å². The lowest BCUT2D eigenvalue weighted by atomic mass is 10.2. The molecule has 2 unspecified atom stereocenters. The van der Waals surface area contributed by atoms with Gasteiger partial charge in [-0.3, -0.25) is 9.36 Å². The minimum Gasteiger partial charge on any atom is -0.382 e. The number of ether oxygens (including phenoxy) is 2. The summed E-state index contributed by atoms with van der Waals surface area (Å²) in [7, 11) is 0. The summed E-state index contributed by atoms with van der Waals surface area (Å²) in [5.74, 6) is 0.850. The molecule has 0 aliphatic carbocycles. The van der Waals surface area contributed by atoms with Crippen LogP contribution in [0, 0.1) is 0 Å². The summed E-state index contributed by atoms with van der Waals surface area (Å²) in [6.45, 7) is 7.38. The fourth-order valence-electron chi connectivity index (χ4n) is 3.01. The quantitative estimate of drug-likeness (QED) is 0.441. The molecule has 9 heteroatoms. The summed E-state index contributed by atoms with van der Waals surface area (Å²) in [5, 5.41) is 14.3. The summed E-state index contributed by atoms with van der Waals surface area (Å²) in [6.07, 6.45) is 3.12. The molecule has 2 aromatic rings. The number of amides is 1. The van der Waals surface area contributed by atoms with Crippen LogP contribution in [0.3, 0.4) is 0 Å². The molecule has 3 heterocycles. The van der Waals surface area contributed by atoms with Crippen molar-refractivity contribution in [2.75, 3.05) is 26.4 Å². The van der Waals surface area contributed by atoms with Crippen LogP contribution in [-0.2, 0) is 20.8 Å². The Balaban J connectivity index is 1.64. The molecule has 0 saturated carbocycles. The Kier molecular flexibility index (Phi) is 8.32. The van der Waals surface area contributed by atoms with Crippen LogP contribution >= 0.6 is 23.1 Å². The van der Waals surface area contributed by atoms with Gasteiger partial charge >= 0.3 is 0 Å². The average molecular weight is 425 g/mol. The minimum absolute atomic E-state index is 0.00541. The van der Waals surface area contributed by atoms with Gasteiger partial charge in [0.2, 0.25) is 5.91 Å². The zero-order valence-corrected chi connectivity index (χ0v) is 18.1. The predicted molar refractivity (Wildman–Crippen MR) is 112 cm³/mol. The largest absolute Gasteiger partial charge is 0.382 e. The smallest absolute Gasteiger partial charge is 0.233 e. The Hall–Kier alpha value is -1.42. The van der Waals surface area contributed by atoms with Crippen molar-refractivity contribution >= 4 is 29.0 Å². The second-order valence-electron chi connectivity index (χ2n) is 6.63. The summed E-state index contributed by atoms with van der Waals surface area (Å²) in [5.41, 5.74) is 0. The summed E-state index contributed by atoms with van der Waals surface area (Å²) in [6, 6.07) is 4.06. The van der Waals surface area contributed by atoms with Crippen molar-refractivity contribution in [3.05, 3.63) is 17.5 Å². The minimum atomic E-state index is -0.254. The fourth-order valence-corrected chi connectivity index (χ4v) is 4.61. The number of aromatic nitrogens is 3. The first kappa shape index (κ1) is 21.3. The second kappa shape index (κ2) is 10.9. The van der Waals surface area contributed by atoms with Gasteiger partial charge in [0.1, 0.15) is 0 Å². The highest BCUT2D eigenvalue weighted by Gasteiger charge is 2.24. The van der Waals surface area contributed by atoms with E-state index in [-0.39, 0.29) is 17.3 Å². The van der Waals surface area contributed by atoms with E-state index in [0.29, 0.717) is 26.3 Å². The van der Waals surface area contributed by atoms with E-state index < -0.39 is 0 Å². The molecule has 1 aliphatic heterocycles. The highest BCUT2D eigenvalue weighted by molar-refractivity contribution is 8.00. The van der Waals surface area contributed by atoms with E-state index in [1.807, 2.05) is 31.4 Å². The molecule has 0 spiro atoms. The van der Waals surface area contributed by atoms with Crippen molar-refractivity contribution in [3.63, 3.8) is 0 Å². The molecular weight excluding hydrogens is 396 g/mol. The van der Waals surface area contributed by atoms with E-state index in [9.17, 15) is 4.79 Å². The Labute approximate surface area is 174 Å². The van der Waals surface area contributed by atoms with Crippen LogP contribution < -0.4 is 5.32 Å².